The molecule has 3 fully saturated rings. The molecule has 29 heavy (non-hydrogen) atoms. The number of hydrogen-bond acceptors (Lipinski definition) is 6. The van der Waals surface area contributed by atoms with Crippen LogP contribution in [0.5, 0.6) is 0 Å². The van der Waals surface area contributed by atoms with Crippen molar-refractivity contribution in [2.75, 3.05) is 18.0 Å². The third kappa shape index (κ3) is 2.48. The Morgan fingerprint density at radius 2 is 1.86 bits per heavy atom. The smallest absolute Gasteiger partial charge is 0.257 e. The van der Waals surface area contributed by atoms with Crippen molar-refractivity contribution < 1.29 is 9.53 Å². The molecule has 0 N–H and O–H groups in total. The fourth-order valence-electron chi connectivity index (χ4n) is 5.07. The van der Waals surface area contributed by atoms with Crippen molar-refractivity contribution in [1.29, 1.82) is 0 Å². The van der Waals surface area contributed by atoms with Crippen LogP contribution in [0, 0.1) is 0 Å². The van der Waals surface area contributed by atoms with Gasteiger partial charge in [0.15, 0.2) is 11.2 Å². The summed E-state index contributed by atoms with van der Waals surface area (Å²) in [5.74, 6) is 0.920. The Morgan fingerprint density at radius 1 is 1.03 bits per heavy atom. The number of carbonyl (C=O) groups excluding carboxylic acids is 1. The topological polar surface area (TPSA) is 75.9 Å². The minimum atomic E-state index is -0.703. The van der Waals surface area contributed by atoms with Crippen LogP contribution in [-0.2, 0) is 9.53 Å². The van der Waals surface area contributed by atoms with Gasteiger partial charge in [-0.3, -0.25) is 4.79 Å². The monoisotopic (exact) mass is 390 g/mol. The molecule has 5 heterocycles. The first kappa shape index (κ1) is 16.9. The number of ether oxygens (including phenoxy) is 1. The van der Waals surface area contributed by atoms with Crippen LogP contribution < -0.4 is 4.90 Å². The Morgan fingerprint density at radius 3 is 2.69 bits per heavy atom. The van der Waals surface area contributed by atoms with E-state index in [1.165, 1.54) is 5.56 Å². The zero-order valence-electron chi connectivity index (χ0n) is 16.0. The summed E-state index contributed by atoms with van der Waals surface area (Å²) >= 11 is 0. The van der Waals surface area contributed by atoms with Gasteiger partial charge in [-0.25, -0.2) is 9.97 Å². The quantitative estimate of drug-likeness (QED) is 0.668. The van der Waals surface area contributed by atoms with E-state index < -0.39 is 5.60 Å². The maximum Gasteiger partial charge on any atom is 0.257 e. The molecule has 3 aliphatic heterocycles. The van der Waals surface area contributed by atoms with Crippen molar-refractivity contribution in [3.05, 3.63) is 54.5 Å². The van der Waals surface area contributed by atoms with E-state index in [0.29, 0.717) is 25.9 Å². The van der Waals surface area contributed by atoms with Gasteiger partial charge in [-0.1, -0.05) is 30.3 Å². The highest BCUT2D eigenvalue weighted by Gasteiger charge is 2.58. The van der Waals surface area contributed by atoms with Crippen molar-refractivity contribution in [1.82, 2.24) is 24.5 Å². The van der Waals surface area contributed by atoms with Gasteiger partial charge in [0, 0.05) is 32.0 Å². The van der Waals surface area contributed by atoms with E-state index in [-0.39, 0.29) is 18.2 Å². The van der Waals surface area contributed by atoms with Crippen LogP contribution in [-0.4, -0.2) is 55.3 Å². The van der Waals surface area contributed by atoms with E-state index in [9.17, 15) is 4.79 Å². The van der Waals surface area contributed by atoms with E-state index in [4.69, 9.17) is 4.74 Å². The molecule has 1 spiro atoms. The second-order valence-electron chi connectivity index (χ2n) is 8.04. The van der Waals surface area contributed by atoms with Crippen LogP contribution in [0.3, 0.4) is 0 Å². The Bertz CT molecular complexity index is 1060. The SMILES string of the molecule is O=C1N2C(CCC2c2ccccc2)OC12CCN(c1ncnc3ccnn13)CC2. The molecule has 148 valence electrons. The van der Waals surface area contributed by atoms with E-state index in [0.717, 1.165) is 24.4 Å². The summed E-state index contributed by atoms with van der Waals surface area (Å²) in [7, 11) is 0. The van der Waals surface area contributed by atoms with Crippen molar-refractivity contribution in [2.45, 2.75) is 43.6 Å². The van der Waals surface area contributed by atoms with Crippen LogP contribution in [0.1, 0.15) is 37.3 Å². The molecule has 0 radical (unpaired) electrons. The van der Waals surface area contributed by atoms with Crippen LogP contribution in [0.4, 0.5) is 5.95 Å². The number of carbonyl (C=O) groups is 1. The highest BCUT2D eigenvalue weighted by molar-refractivity contribution is 5.88. The molecule has 1 aromatic carbocycles. The third-order valence-corrected chi connectivity index (χ3v) is 6.53. The van der Waals surface area contributed by atoms with Crippen LogP contribution in [0.15, 0.2) is 48.9 Å². The van der Waals surface area contributed by atoms with Crippen LogP contribution in [0.2, 0.25) is 0 Å². The Kier molecular flexibility index (Phi) is 3.64. The lowest BCUT2D eigenvalue weighted by Gasteiger charge is -2.37. The number of anilines is 1. The van der Waals surface area contributed by atoms with Gasteiger partial charge in [0.05, 0.1) is 12.2 Å². The fourth-order valence-corrected chi connectivity index (χ4v) is 5.07. The van der Waals surface area contributed by atoms with Gasteiger partial charge in [-0.2, -0.15) is 9.61 Å². The fraction of sp³-hybridized carbons (Fsp3) is 0.429. The van der Waals surface area contributed by atoms with Crippen LogP contribution in [0.25, 0.3) is 5.65 Å². The van der Waals surface area contributed by atoms with Crippen molar-refractivity contribution >= 4 is 17.5 Å². The summed E-state index contributed by atoms with van der Waals surface area (Å²) in [6, 6.07) is 12.3. The number of hydrogen-bond donors (Lipinski definition) is 0. The third-order valence-electron chi connectivity index (χ3n) is 6.53. The van der Waals surface area contributed by atoms with Crippen LogP contribution >= 0.6 is 0 Å². The molecule has 8 heteroatoms. The number of piperidine rings is 1. The van der Waals surface area contributed by atoms with E-state index in [2.05, 4.69) is 32.1 Å². The van der Waals surface area contributed by atoms with Crippen molar-refractivity contribution in [2.24, 2.45) is 0 Å². The molecule has 3 saturated heterocycles. The molecule has 6 rings (SSSR count). The maximum absolute atomic E-state index is 13.5. The summed E-state index contributed by atoms with van der Waals surface area (Å²) in [4.78, 5) is 26.3. The van der Waals surface area contributed by atoms with Gasteiger partial charge in [-0.05, 0) is 18.4 Å². The highest BCUT2D eigenvalue weighted by atomic mass is 16.6. The second kappa shape index (κ2) is 6.25. The van der Waals surface area contributed by atoms with E-state index >= 15 is 0 Å². The standard InChI is InChI=1S/C21H22N6O2/c28-19-21(29-18-7-6-16(26(18)19)15-4-2-1-3-5-15)9-12-25(13-10-21)20-23-14-22-17-8-11-24-27(17)20/h1-5,8,11,14,16,18H,6-7,9-10,12-13H2. The zero-order valence-corrected chi connectivity index (χ0v) is 16.0. The number of benzene rings is 1. The first-order chi connectivity index (χ1) is 14.3. The molecular weight excluding hydrogens is 368 g/mol. The number of rotatable bonds is 2. The summed E-state index contributed by atoms with van der Waals surface area (Å²) in [6.07, 6.45) is 6.36. The van der Waals surface area contributed by atoms with Gasteiger partial charge < -0.3 is 14.5 Å². The predicted molar refractivity (Wildman–Crippen MR) is 105 cm³/mol. The van der Waals surface area contributed by atoms with Crippen molar-refractivity contribution in [3.8, 4) is 0 Å². The first-order valence-corrected chi connectivity index (χ1v) is 10.2. The summed E-state index contributed by atoms with van der Waals surface area (Å²) < 4.78 is 8.18. The number of fused-ring (bicyclic) bond motifs is 2. The lowest BCUT2D eigenvalue weighted by Crippen LogP contribution is -2.51. The Balaban J connectivity index is 1.23. The number of aromatic nitrogens is 4. The number of amides is 1. The van der Waals surface area contributed by atoms with Gasteiger partial charge in [0.2, 0.25) is 5.95 Å². The molecule has 2 aromatic heterocycles. The first-order valence-electron chi connectivity index (χ1n) is 10.2. The molecule has 8 nitrogen and oxygen atoms in total. The Hall–Kier alpha value is -3.00. The normalized spacial score (nSPS) is 25.9. The minimum Gasteiger partial charge on any atom is -0.342 e. The Labute approximate surface area is 168 Å². The maximum atomic E-state index is 13.5. The van der Waals surface area contributed by atoms with Gasteiger partial charge in [-0.15, -0.1) is 0 Å². The molecule has 1 amide bonds. The molecule has 3 aliphatic rings. The summed E-state index contributed by atoms with van der Waals surface area (Å²) in [5.41, 5.74) is 1.27. The highest BCUT2D eigenvalue weighted by Crippen LogP contribution is 2.47. The molecular formula is C21H22N6O2. The average molecular weight is 390 g/mol. The lowest BCUT2D eigenvalue weighted by molar-refractivity contribution is -0.140. The largest absolute Gasteiger partial charge is 0.342 e. The zero-order chi connectivity index (χ0) is 19.4. The molecule has 0 bridgehead atoms. The van der Waals surface area contributed by atoms with E-state index in [1.807, 2.05) is 29.2 Å². The number of nitrogens with zero attached hydrogens (tertiary/aromatic N) is 6. The minimum absolute atomic E-state index is 0.101. The second-order valence-corrected chi connectivity index (χ2v) is 8.04. The van der Waals surface area contributed by atoms with Gasteiger partial charge in [0.25, 0.3) is 5.91 Å². The molecule has 0 aliphatic carbocycles. The molecule has 3 aromatic rings. The lowest BCUT2D eigenvalue weighted by atomic mass is 9.89. The molecule has 2 atom stereocenters. The van der Waals surface area contributed by atoms with Gasteiger partial charge >= 0.3 is 0 Å². The van der Waals surface area contributed by atoms with Gasteiger partial charge in [0.1, 0.15) is 12.6 Å². The molecule has 0 saturated carbocycles. The average Bonchev–Trinajstić information content (AvgIpc) is 3.46. The predicted octanol–water partition coefficient (Wildman–Crippen LogP) is 2.18. The molecule has 2 unspecified atom stereocenters. The summed E-state index contributed by atoms with van der Waals surface area (Å²) in [6.45, 7) is 1.41. The summed E-state index contributed by atoms with van der Waals surface area (Å²) in [5, 5.41) is 4.33. The van der Waals surface area contributed by atoms with Crippen molar-refractivity contribution in [3.63, 3.8) is 0 Å². The van der Waals surface area contributed by atoms with E-state index in [1.54, 1.807) is 17.0 Å².